The molecular weight excluding hydrogens is 383 g/mol. The smallest absolute Gasteiger partial charge is 0.255 e. The van der Waals surface area contributed by atoms with E-state index in [0.29, 0.717) is 23.8 Å². The van der Waals surface area contributed by atoms with E-state index in [1.807, 2.05) is 0 Å². The molecule has 8 heteroatoms. The van der Waals surface area contributed by atoms with Gasteiger partial charge in [0.15, 0.2) is 0 Å². The van der Waals surface area contributed by atoms with E-state index < -0.39 is 15.9 Å². The Morgan fingerprint density at radius 1 is 1.00 bits per heavy atom. The van der Waals surface area contributed by atoms with Crippen molar-refractivity contribution in [3.63, 3.8) is 0 Å². The number of hydrogen-bond acceptors (Lipinski definition) is 3. The molecule has 1 N–H and O–H groups in total. The highest BCUT2D eigenvalue weighted by Gasteiger charge is 2.29. The summed E-state index contributed by atoms with van der Waals surface area (Å²) >= 11 is 11.9. The molecule has 0 aliphatic carbocycles. The minimum absolute atomic E-state index is 0.0418. The largest absolute Gasteiger partial charge is 0.322 e. The Bertz CT molecular complexity index is 893. The van der Waals surface area contributed by atoms with Crippen LogP contribution in [0, 0.1) is 0 Å². The first-order valence-electron chi connectivity index (χ1n) is 7.74. The lowest BCUT2D eigenvalue weighted by atomic mass is 10.2. The summed E-state index contributed by atoms with van der Waals surface area (Å²) in [5.74, 6) is -0.420. The minimum atomic E-state index is -3.70. The van der Waals surface area contributed by atoms with Crippen molar-refractivity contribution in [1.29, 1.82) is 0 Å². The van der Waals surface area contributed by atoms with Gasteiger partial charge < -0.3 is 5.32 Å². The summed E-state index contributed by atoms with van der Waals surface area (Å²) in [4.78, 5) is 12.4. The fourth-order valence-corrected chi connectivity index (χ4v) is 4.79. The third-order valence-corrected chi connectivity index (χ3v) is 6.61. The molecule has 5 nitrogen and oxygen atoms in total. The first-order valence-corrected chi connectivity index (χ1v) is 9.94. The molecule has 0 atom stereocenters. The predicted octanol–water partition coefficient (Wildman–Crippen LogP) is 4.03. The number of anilines is 1. The van der Waals surface area contributed by atoms with Crippen LogP contribution in [-0.4, -0.2) is 31.7 Å². The molecule has 0 radical (unpaired) electrons. The lowest BCUT2D eigenvalue weighted by Crippen LogP contribution is -2.28. The van der Waals surface area contributed by atoms with Crippen molar-refractivity contribution >= 4 is 44.8 Å². The third-order valence-electron chi connectivity index (χ3n) is 3.98. The van der Waals surface area contributed by atoms with Crippen LogP contribution < -0.4 is 5.32 Å². The lowest BCUT2D eigenvalue weighted by molar-refractivity contribution is 0.102. The number of rotatable bonds is 4. The molecule has 3 rings (SSSR count). The molecule has 1 saturated heterocycles. The van der Waals surface area contributed by atoms with Crippen LogP contribution in [0.15, 0.2) is 47.4 Å². The summed E-state index contributed by atoms with van der Waals surface area (Å²) in [7, 11) is -3.70. The van der Waals surface area contributed by atoms with Crippen LogP contribution >= 0.6 is 23.2 Å². The molecule has 1 aliphatic rings. The molecule has 132 valence electrons. The van der Waals surface area contributed by atoms with E-state index in [1.54, 1.807) is 24.3 Å². The molecule has 2 aromatic carbocycles. The van der Waals surface area contributed by atoms with Gasteiger partial charge in [-0.25, -0.2) is 8.42 Å². The van der Waals surface area contributed by atoms with E-state index in [0.717, 1.165) is 12.8 Å². The first-order chi connectivity index (χ1) is 11.9. The van der Waals surface area contributed by atoms with Crippen LogP contribution in [0.3, 0.4) is 0 Å². The highest BCUT2D eigenvalue weighted by molar-refractivity contribution is 7.89. The predicted molar refractivity (Wildman–Crippen MR) is 98.9 cm³/mol. The van der Waals surface area contributed by atoms with E-state index in [1.165, 1.54) is 22.5 Å². The average Bonchev–Trinajstić information content (AvgIpc) is 3.12. The number of hydrogen-bond donors (Lipinski definition) is 1. The van der Waals surface area contributed by atoms with Gasteiger partial charge in [0.25, 0.3) is 5.91 Å². The fraction of sp³-hybridized carbons (Fsp3) is 0.235. The zero-order valence-electron chi connectivity index (χ0n) is 13.2. The number of halogens is 2. The Labute approximate surface area is 156 Å². The van der Waals surface area contributed by atoms with E-state index in [9.17, 15) is 13.2 Å². The van der Waals surface area contributed by atoms with Gasteiger partial charge in [-0.2, -0.15) is 4.31 Å². The van der Waals surface area contributed by atoms with Crippen molar-refractivity contribution in [2.75, 3.05) is 18.4 Å². The number of amides is 1. The Balaban J connectivity index is 1.88. The summed E-state index contributed by atoms with van der Waals surface area (Å²) in [5, 5.41) is 3.37. The lowest BCUT2D eigenvalue weighted by Gasteiger charge is -2.17. The molecule has 0 spiro atoms. The van der Waals surface area contributed by atoms with Crippen LogP contribution in [0.4, 0.5) is 5.69 Å². The van der Waals surface area contributed by atoms with Crippen LogP contribution in [0.5, 0.6) is 0 Å². The van der Waals surface area contributed by atoms with Crippen LogP contribution in [-0.2, 0) is 10.0 Å². The van der Waals surface area contributed by atoms with Crippen LogP contribution in [0.25, 0.3) is 0 Å². The Morgan fingerprint density at radius 3 is 2.28 bits per heavy atom. The zero-order valence-corrected chi connectivity index (χ0v) is 15.5. The summed E-state index contributed by atoms with van der Waals surface area (Å²) in [5.41, 5.74) is 0.783. The number of benzene rings is 2. The second kappa shape index (κ2) is 7.33. The SMILES string of the molecule is O=C(Nc1ccc(Cl)cc1)c1ccc(Cl)c(S(=O)(=O)N2CCCC2)c1. The van der Waals surface area contributed by atoms with Gasteiger partial charge in [0.05, 0.1) is 5.02 Å². The maximum Gasteiger partial charge on any atom is 0.255 e. The van der Waals surface area contributed by atoms with Crippen LogP contribution in [0.1, 0.15) is 23.2 Å². The van der Waals surface area contributed by atoms with Crippen molar-refractivity contribution in [1.82, 2.24) is 4.31 Å². The second-order valence-electron chi connectivity index (χ2n) is 5.72. The van der Waals surface area contributed by atoms with Gasteiger partial charge in [-0.3, -0.25) is 4.79 Å². The number of carbonyl (C=O) groups is 1. The standard InChI is InChI=1S/C17H16Cl2N2O3S/c18-13-4-6-14(7-5-13)20-17(22)12-3-8-15(19)16(11-12)25(23,24)21-9-1-2-10-21/h3-8,11H,1-2,9-10H2,(H,20,22). The number of sulfonamides is 1. The summed E-state index contributed by atoms with van der Waals surface area (Å²) in [6.07, 6.45) is 1.65. The molecule has 0 aromatic heterocycles. The van der Waals surface area contributed by atoms with E-state index >= 15 is 0 Å². The molecule has 2 aromatic rings. The third kappa shape index (κ3) is 3.98. The van der Waals surface area contributed by atoms with Gasteiger partial charge in [0, 0.05) is 29.4 Å². The molecule has 1 fully saturated rings. The van der Waals surface area contributed by atoms with Gasteiger partial charge >= 0.3 is 0 Å². The van der Waals surface area contributed by atoms with Crippen molar-refractivity contribution in [3.05, 3.63) is 58.1 Å². The molecule has 25 heavy (non-hydrogen) atoms. The summed E-state index contributed by atoms with van der Waals surface area (Å²) in [6, 6.07) is 10.9. The van der Waals surface area contributed by atoms with Gasteiger partial charge in [-0.1, -0.05) is 23.2 Å². The molecule has 1 amide bonds. The van der Waals surface area contributed by atoms with Crippen LogP contribution in [0.2, 0.25) is 10.0 Å². The number of nitrogens with zero attached hydrogens (tertiary/aromatic N) is 1. The zero-order chi connectivity index (χ0) is 18.0. The number of nitrogens with one attached hydrogen (secondary N) is 1. The fourth-order valence-electron chi connectivity index (χ4n) is 2.65. The van der Waals surface area contributed by atoms with Crippen molar-refractivity contribution in [3.8, 4) is 0 Å². The topological polar surface area (TPSA) is 66.5 Å². The molecule has 0 saturated carbocycles. The highest BCUT2D eigenvalue weighted by Crippen LogP contribution is 2.28. The van der Waals surface area contributed by atoms with Gasteiger partial charge in [0.2, 0.25) is 10.0 Å². The van der Waals surface area contributed by atoms with Crippen molar-refractivity contribution in [2.45, 2.75) is 17.7 Å². The number of carbonyl (C=O) groups excluding carboxylic acids is 1. The molecule has 0 unspecified atom stereocenters. The molecular formula is C17H16Cl2N2O3S. The van der Waals surface area contributed by atoms with E-state index in [-0.39, 0.29) is 15.5 Å². The van der Waals surface area contributed by atoms with E-state index in [4.69, 9.17) is 23.2 Å². The van der Waals surface area contributed by atoms with Crippen molar-refractivity contribution < 1.29 is 13.2 Å². The molecule has 1 aliphatic heterocycles. The maximum atomic E-state index is 12.7. The summed E-state index contributed by atoms with van der Waals surface area (Å²) < 4.78 is 26.8. The van der Waals surface area contributed by atoms with E-state index in [2.05, 4.69) is 5.32 Å². The normalized spacial score (nSPS) is 15.3. The quantitative estimate of drug-likeness (QED) is 0.844. The average molecular weight is 399 g/mol. The maximum absolute atomic E-state index is 12.7. The Hall–Kier alpha value is -1.60. The Morgan fingerprint density at radius 2 is 1.64 bits per heavy atom. The molecule has 1 heterocycles. The second-order valence-corrected chi connectivity index (χ2v) is 8.47. The molecule has 0 bridgehead atoms. The van der Waals surface area contributed by atoms with Gasteiger partial charge in [0.1, 0.15) is 4.90 Å². The van der Waals surface area contributed by atoms with Gasteiger partial charge in [-0.05, 0) is 55.3 Å². The Kier molecular flexibility index (Phi) is 5.34. The monoisotopic (exact) mass is 398 g/mol. The minimum Gasteiger partial charge on any atom is -0.322 e. The summed E-state index contributed by atoms with van der Waals surface area (Å²) in [6.45, 7) is 0.944. The van der Waals surface area contributed by atoms with Gasteiger partial charge in [-0.15, -0.1) is 0 Å². The van der Waals surface area contributed by atoms with Crippen molar-refractivity contribution in [2.24, 2.45) is 0 Å². The highest BCUT2D eigenvalue weighted by atomic mass is 35.5. The first kappa shape index (κ1) is 18.2.